The minimum atomic E-state index is -0.493. The third-order valence-electron chi connectivity index (χ3n) is 1.57. The zero-order valence-electron chi connectivity index (χ0n) is 7.95. The van der Waals surface area contributed by atoms with Gasteiger partial charge >= 0.3 is 5.97 Å². The number of esters is 1. The van der Waals surface area contributed by atoms with E-state index >= 15 is 0 Å². The van der Waals surface area contributed by atoms with Crippen LogP contribution < -0.4 is 0 Å². The summed E-state index contributed by atoms with van der Waals surface area (Å²) in [6.07, 6.45) is -0.493. The number of likely N-dealkylation sites (N-methyl/N-ethyl adjacent to an activating group) is 1. The first-order valence-electron chi connectivity index (χ1n) is 3.83. The van der Waals surface area contributed by atoms with Gasteiger partial charge in [0.2, 0.25) is 0 Å². The average Bonchev–Trinajstić information content (AvgIpc) is 2.19. The Hall–Kier alpha value is 0.470. The predicted octanol–water partition coefficient (Wildman–Crippen LogP) is 1.49. The van der Waals surface area contributed by atoms with E-state index in [4.69, 9.17) is 4.74 Å². The number of carbonyl (C=O) groups is 1. The van der Waals surface area contributed by atoms with Gasteiger partial charge < -0.3 is 9.47 Å². The molecule has 0 heterocycles. The monoisotopic (exact) mass is 319 g/mol. The van der Waals surface area contributed by atoms with Crippen molar-refractivity contribution in [1.29, 1.82) is 0 Å². The summed E-state index contributed by atoms with van der Waals surface area (Å²) < 4.78 is 11.6. The van der Waals surface area contributed by atoms with Gasteiger partial charge in [0.05, 0.1) is 7.11 Å². The Morgan fingerprint density at radius 3 is 2.54 bits per heavy atom. The lowest BCUT2D eigenvalue weighted by atomic mass is 10.3. The minimum Gasteiger partial charge on any atom is -0.467 e. The highest BCUT2D eigenvalue weighted by Gasteiger charge is 2.21. The number of rotatable bonds is 6. The van der Waals surface area contributed by atoms with Gasteiger partial charge in [0.1, 0.15) is 0 Å². The molecule has 0 aliphatic rings. The van der Waals surface area contributed by atoms with E-state index in [1.165, 1.54) is 14.2 Å². The Labute approximate surface area is 95.0 Å². The lowest BCUT2D eigenvalue weighted by Gasteiger charge is -2.20. The summed E-state index contributed by atoms with van der Waals surface area (Å²) in [6.45, 7) is 3.44. The van der Waals surface area contributed by atoms with Crippen LogP contribution in [-0.4, -0.2) is 43.7 Å². The maximum absolute atomic E-state index is 11.1. The normalized spacial score (nSPS) is 13.0. The minimum absolute atomic E-state index is 0.327. The van der Waals surface area contributed by atoms with Crippen molar-refractivity contribution in [3.8, 4) is 0 Å². The summed E-state index contributed by atoms with van der Waals surface area (Å²) in [4.78, 5) is 11.1. The number of halogens is 1. The fourth-order valence-electron chi connectivity index (χ4n) is 0.768. The molecule has 0 bridgehead atoms. The molecule has 0 N–H and O–H groups in total. The van der Waals surface area contributed by atoms with Crippen LogP contribution in [0.5, 0.6) is 0 Å². The van der Waals surface area contributed by atoms with Gasteiger partial charge in [-0.2, -0.15) is 0 Å². The van der Waals surface area contributed by atoms with Crippen LogP contribution >= 0.6 is 30.3 Å². The van der Waals surface area contributed by atoms with Crippen molar-refractivity contribution in [2.24, 2.45) is 0 Å². The molecule has 1 unspecified atom stereocenters. The van der Waals surface area contributed by atoms with Gasteiger partial charge in [0.15, 0.2) is 6.10 Å². The van der Waals surface area contributed by atoms with E-state index in [1.54, 1.807) is 9.12 Å². The molecule has 0 aliphatic carbocycles. The van der Waals surface area contributed by atoms with E-state index in [2.05, 4.69) is 25.9 Å². The quantitative estimate of drug-likeness (QED) is 0.421. The summed E-state index contributed by atoms with van der Waals surface area (Å²) in [6, 6.07) is 0. The molecule has 0 spiro atoms. The molecule has 0 saturated heterocycles. The first kappa shape index (κ1) is 13.5. The molecule has 0 aliphatic heterocycles. The fourth-order valence-corrected chi connectivity index (χ4v) is 2.38. The second-order valence-electron chi connectivity index (χ2n) is 2.30. The zero-order chi connectivity index (χ0) is 10.3. The molecule has 0 aromatic heterocycles. The Morgan fingerprint density at radius 1 is 1.62 bits per heavy atom. The van der Waals surface area contributed by atoms with Crippen molar-refractivity contribution >= 4 is 36.3 Å². The Morgan fingerprint density at radius 2 is 2.23 bits per heavy atom. The van der Waals surface area contributed by atoms with E-state index in [-0.39, 0.29) is 5.97 Å². The number of methoxy groups -OCH3 is 2. The number of carbonyl (C=O) groups excluding carboxylic acids is 1. The third-order valence-corrected chi connectivity index (χ3v) is 3.84. The zero-order valence-corrected chi connectivity index (χ0v) is 10.9. The van der Waals surface area contributed by atoms with Crippen LogP contribution in [0.2, 0.25) is 0 Å². The van der Waals surface area contributed by atoms with E-state index in [0.29, 0.717) is 6.54 Å². The summed E-state index contributed by atoms with van der Waals surface area (Å²) in [5.74, 6) is -0.327. The molecular formula is C7H14INO3S. The van der Waals surface area contributed by atoms with Crippen molar-refractivity contribution in [1.82, 2.24) is 4.31 Å². The van der Waals surface area contributed by atoms with Crippen molar-refractivity contribution in [3.05, 3.63) is 0 Å². The predicted molar refractivity (Wildman–Crippen MR) is 61.7 cm³/mol. The van der Waals surface area contributed by atoms with Crippen molar-refractivity contribution in [2.45, 2.75) is 13.0 Å². The van der Waals surface area contributed by atoms with Crippen molar-refractivity contribution in [3.63, 3.8) is 0 Å². The van der Waals surface area contributed by atoms with E-state index < -0.39 is 6.10 Å². The van der Waals surface area contributed by atoms with Crippen molar-refractivity contribution < 1.29 is 14.3 Å². The Balaban J connectivity index is 4.02. The highest BCUT2D eigenvalue weighted by Crippen LogP contribution is 2.18. The van der Waals surface area contributed by atoms with Crippen molar-refractivity contribution in [2.75, 3.05) is 27.3 Å². The fraction of sp³-hybridized carbons (Fsp3) is 0.857. The Bertz CT molecular complexity index is 155. The summed E-state index contributed by atoms with van der Waals surface area (Å²) in [5, 5.41) is 0. The molecule has 0 fully saturated rings. The van der Waals surface area contributed by atoms with E-state index in [9.17, 15) is 4.79 Å². The molecule has 0 radical (unpaired) electrons. The highest BCUT2D eigenvalue weighted by atomic mass is 127. The average molecular weight is 319 g/mol. The largest absolute Gasteiger partial charge is 0.467 e. The smallest absolute Gasteiger partial charge is 0.336 e. The molecule has 0 amide bonds. The summed E-state index contributed by atoms with van der Waals surface area (Å²) in [7, 11) is 4.43. The van der Waals surface area contributed by atoms with Crippen LogP contribution in [0.1, 0.15) is 6.92 Å². The van der Waals surface area contributed by atoms with Gasteiger partial charge in [-0.25, -0.2) is 9.10 Å². The van der Waals surface area contributed by atoms with Crippen LogP contribution in [0.3, 0.4) is 0 Å². The van der Waals surface area contributed by atoms with Crippen LogP contribution in [0, 0.1) is 0 Å². The molecular weight excluding hydrogens is 305 g/mol. The molecule has 13 heavy (non-hydrogen) atoms. The first-order chi connectivity index (χ1) is 6.19. The van der Waals surface area contributed by atoms with Gasteiger partial charge in [-0.1, -0.05) is 6.92 Å². The number of ether oxygens (including phenoxy) is 2. The van der Waals surface area contributed by atoms with Gasteiger partial charge in [-0.3, -0.25) is 0 Å². The summed E-state index contributed by atoms with van der Waals surface area (Å²) in [5.41, 5.74) is 0. The molecule has 0 saturated carbocycles. The molecule has 78 valence electrons. The van der Waals surface area contributed by atoms with Crippen LogP contribution in [0.25, 0.3) is 0 Å². The van der Waals surface area contributed by atoms with Gasteiger partial charge in [-0.05, 0) is 9.12 Å². The second-order valence-corrected chi connectivity index (χ2v) is 4.13. The second kappa shape index (κ2) is 7.84. The van der Waals surface area contributed by atoms with Crippen LogP contribution in [0.4, 0.5) is 0 Å². The third kappa shape index (κ3) is 5.04. The summed E-state index contributed by atoms with van der Waals surface area (Å²) >= 11 is 2.17. The lowest BCUT2D eigenvalue weighted by molar-refractivity contribution is -0.152. The number of hydrogen-bond donors (Lipinski definition) is 0. The molecule has 0 aromatic rings. The van der Waals surface area contributed by atoms with Crippen LogP contribution in [-0.2, 0) is 14.3 Å². The molecule has 6 heteroatoms. The number of hydrogen-bond acceptors (Lipinski definition) is 5. The molecule has 0 aromatic carbocycles. The molecule has 0 rings (SSSR count). The SMILES string of the molecule is CCN(CC(OC)C(=O)OC)SI. The lowest BCUT2D eigenvalue weighted by Crippen LogP contribution is -2.35. The van der Waals surface area contributed by atoms with Gasteiger partial charge in [0, 0.05) is 41.4 Å². The molecule has 1 atom stereocenters. The molecule has 4 nitrogen and oxygen atoms in total. The van der Waals surface area contributed by atoms with E-state index in [1.807, 2.05) is 11.2 Å². The van der Waals surface area contributed by atoms with Gasteiger partial charge in [-0.15, -0.1) is 0 Å². The Kier molecular flexibility index (Phi) is 8.12. The maximum Gasteiger partial charge on any atom is 0.336 e. The highest BCUT2D eigenvalue weighted by molar-refractivity contribution is 14.2. The standard InChI is InChI=1S/C7H14INO3S/c1-4-9(13-8)5-6(11-2)7(10)12-3/h6H,4-5H2,1-3H3. The number of nitrogens with zero attached hydrogens (tertiary/aromatic N) is 1. The maximum atomic E-state index is 11.1. The first-order valence-corrected chi connectivity index (χ1v) is 7.15. The van der Waals surface area contributed by atoms with Crippen LogP contribution in [0.15, 0.2) is 0 Å². The van der Waals surface area contributed by atoms with E-state index in [0.717, 1.165) is 6.54 Å². The van der Waals surface area contributed by atoms with Gasteiger partial charge in [0.25, 0.3) is 0 Å². The topological polar surface area (TPSA) is 38.8 Å².